The first-order chi connectivity index (χ1) is 4.97. The van der Waals surface area contributed by atoms with Crippen molar-refractivity contribution in [1.29, 1.82) is 0 Å². The Labute approximate surface area is 68.4 Å². The van der Waals surface area contributed by atoms with E-state index in [0.29, 0.717) is 5.01 Å². The van der Waals surface area contributed by atoms with Gasteiger partial charge in [0.2, 0.25) is 5.88 Å². The van der Waals surface area contributed by atoms with Crippen LogP contribution in [0.2, 0.25) is 0 Å². The van der Waals surface area contributed by atoms with Gasteiger partial charge in [-0.3, -0.25) is 0 Å². The summed E-state index contributed by atoms with van der Waals surface area (Å²) in [5, 5.41) is 10.6. The molecule has 0 saturated heterocycles. The largest absolute Gasteiger partial charge is 0.493 e. The predicted octanol–water partition coefficient (Wildman–Crippen LogP) is 0.393. The first-order valence-corrected chi connectivity index (χ1v) is 5.72. The summed E-state index contributed by atoms with van der Waals surface area (Å²) in [7, 11) is -3.03. The Morgan fingerprint density at radius 1 is 1.73 bits per heavy atom. The van der Waals surface area contributed by atoms with Crippen molar-refractivity contribution in [3.05, 3.63) is 10.4 Å². The maximum Gasteiger partial charge on any atom is 0.222 e. The second kappa shape index (κ2) is 2.78. The summed E-state index contributed by atoms with van der Waals surface area (Å²) in [6, 6.07) is 0. The minimum absolute atomic E-state index is 0.0990. The van der Waals surface area contributed by atoms with Gasteiger partial charge < -0.3 is 5.11 Å². The zero-order valence-electron chi connectivity index (χ0n) is 5.81. The van der Waals surface area contributed by atoms with Crippen LogP contribution in [0.25, 0.3) is 0 Å². The summed E-state index contributed by atoms with van der Waals surface area (Å²) < 4.78 is 21.4. The van der Waals surface area contributed by atoms with Gasteiger partial charge in [0.05, 0.1) is 5.38 Å². The highest BCUT2D eigenvalue weighted by Gasteiger charge is 2.07. The van der Waals surface area contributed by atoms with Crippen molar-refractivity contribution in [2.75, 3.05) is 6.26 Å². The van der Waals surface area contributed by atoms with E-state index in [2.05, 4.69) is 4.98 Å². The molecule has 6 heteroatoms. The Kier molecular flexibility index (Phi) is 2.15. The smallest absolute Gasteiger partial charge is 0.222 e. The molecule has 4 nitrogen and oxygen atoms in total. The van der Waals surface area contributed by atoms with Crippen molar-refractivity contribution < 1.29 is 13.5 Å². The molecule has 0 aromatic carbocycles. The summed E-state index contributed by atoms with van der Waals surface area (Å²) in [4.78, 5) is 3.59. The highest BCUT2D eigenvalue weighted by molar-refractivity contribution is 7.90. The van der Waals surface area contributed by atoms with Crippen LogP contribution in [0.4, 0.5) is 0 Å². The number of nitrogens with zero attached hydrogens (tertiary/aromatic N) is 1. The van der Waals surface area contributed by atoms with Crippen LogP contribution in [-0.2, 0) is 15.6 Å². The lowest BCUT2D eigenvalue weighted by Crippen LogP contribution is -1.99. The average Bonchev–Trinajstić information content (AvgIpc) is 2.10. The molecule has 1 heterocycles. The molecule has 0 fully saturated rings. The number of aromatic nitrogens is 1. The molecule has 0 spiro atoms. The van der Waals surface area contributed by atoms with Crippen molar-refractivity contribution in [2.45, 2.75) is 5.75 Å². The lowest BCUT2D eigenvalue weighted by atomic mass is 10.8. The van der Waals surface area contributed by atoms with Crippen LogP contribution >= 0.6 is 11.3 Å². The zero-order valence-corrected chi connectivity index (χ0v) is 7.44. The number of thiazole rings is 1. The molecule has 0 unspecified atom stereocenters. The van der Waals surface area contributed by atoms with Crippen molar-refractivity contribution in [3.63, 3.8) is 0 Å². The van der Waals surface area contributed by atoms with Crippen LogP contribution in [0.5, 0.6) is 5.88 Å². The Morgan fingerprint density at radius 3 is 2.73 bits per heavy atom. The van der Waals surface area contributed by atoms with Gasteiger partial charge in [0, 0.05) is 6.26 Å². The molecule has 0 bridgehead atoms. The van der Waals surface area contributed by atoms with Crippen LogP contribution in [-0.4, -0.2) is 24.8 Å². The summed E-state index contributed by atoms with van der Waals surface area (Å²) in [6.07, 6.45) is 1.13. The lowest BCUT2D eigenvalue weighted by Gasteiger charge is -1.89. The van der Waals surface area contributed by atoms with Crippen LogP contribution in [0.3, 0.4) is 0 Å². The maximum atomic E-state index is 10.7. The standard InChI is InChI=1S/C5H7NO3S2/c1-11(8,9)3-5-6-4(7)2-10-5/h2,7H,3H2,1H3. The summed E-state index contributed by atoms with van der Waals surface area (Å²) in [5.74, 6) is -0.216. The van der Waals surface area contributed by atoms with Gasteiger partial charge in [-0.2, -0.15) is 0 Å². The Morgan fingerprint density at radius 2 is 2.36 bits per heavy atom. The fraction of sp³-hybridized carbons (Fsp3) is 0.400. The summed E-state index contributed by atoms with van der Waals surface area (Å²) in [5.41, 5.74) is 0. The van der Waals surface area contributed by atoms with E-state index in [-0.39, 0.29) is 11.6 Å². The van der Waals surface area contributed by atoms with Gasteiger partial charge in [-0.05, 0) is 0 Å². The van der Waals surface area contributed by atoms with E-state index in [1.165, 1.54) is 5.38 Å². The Balaban J connectivity index is 2.81. The van der Waals surface area contributed by atoms with Crippen LogP contribution in [0.15, 0.2) is 5.38 Å². The zero-order chi connectivity index (χ0) is 8.48. The molecular formula is C5H7NO3S2. The third-order valence-electron chi connectivity index (χ3n) is 0.925. The highest BCUT2D eigenvalue weighted by Crippen LogP contribution is 2.16. The van der Waals surface area contributed by atoms with E-state index < -0.39 is 9.84 Å². The predicted molar refractivity (Wildman–Crippen MR) is 42.3 cm³/mol. The minimum atomic E-state index is -3.03. The molecule has 11 heavy (non-hydrogen) atoms. The molecule has 0 aliphatic rings. The maximum absolute atomic E-state index is 10.7. The van der Waals surface area contributed by atoms with E-state index in [1.54, 1.807) is 0 Å². The molecule has 0 atom stereocenters. The van der Waals surface area contributed by atoms with E-state index in [0.717, 1.165) is 17.6 Å². The van der Waals surface area contributed by atoms with Gasteiger partial charge in [-0.25, -0.2) is 13.4 Å². The van der Waals surface area contributed by atoms with Gasteiger partial charge in [0.25, 0.3) is 0 Å². The highest BCUT2D eigenvalue weighted by atomic mass is 32.2. The first kappa shape index (κ1) is 8.48. The molecule has 0 amide bonds. The second-order valence-corrected chi connectivity index (χ2v) is 5.25. The number of hydrogen-bond acceptors (Lipinski definition) is 5. The quantitative estimate of drug-likeness (QED) is 0.738. The fourth-order valence-corrected chi connectivity index (χ4v) is 2.46. The fourth-order valence-electron chi connectivity index (χ4n) is 0.592. The summed E-state index contributed by atoms with van der Waals surface area (Å²) >= 11 is 1.14. The number of sulfone groups is 1. The van der Waals surface area contributed by atoms with E-state index in [1.807, 2.05) is 0 Å². The van der Waals surface area contributed by atoms with Gasteiger partial charge in [-0.1, -0.05) is 0 Å². The van der Waals surface area contributed by atoms with E-state index >= 15 is 0 Å². The van der Waals surface area contributed by atoms with Gasteiger partial charge in [0.15, 0.2) is 9.84 Å². The Hall–Kier alpha value is -0.620. The molecular weight excluding hydrogens is 186 g/mol. The molecule has 0 radical (unpaired) electrons. The lowest BCUT2D eigenvalue weighted by molar-refractivity contribution is 0.456. The van der Waals surface area contributed by atoms with E-state index in [4.69, 9.17) is 5.11 Å². The topological polar surface area (TPSA) is 67.3 Å². The van der Waals surface area contributed by atoms with Crippen LogP contribution in [0.1, 0.15) is 5.01 Å². The number of aromatic hydroxyl groups is 1. The number of hydrogen-bond donors (Lipinski definition) is 1. The molecule has 0 saturated carbocycles. The normalized spacial score (nSPS) is 11.7. The third kappa shape index (κ3) is 2.85. The van der Waals surface area contributed by atoms with Crippen LogP contribution in [0, 0.1) is 0 Å². The molecule has 0 aliphatic carbocycles. The van der Waals surface area contributed by atoms with Crippen molar-refractivity contribution in [2.24, 2.45) is 0 Å². The van der Waals surface area contributed by atoms with Crippen molar-refractivity contribution >= 4 is 21.2 Å². The van der Waals surface area contributed by atoms with Crippen molar-refractivity contribution in [3.8, 4) is 5.88 Å². The molecule has 0 aliphatic heterocycles. The monoisotopic (exact) mass is 193 g/mol. The van der Waals surface area contributed by atoms with Gasteiger partial charge in [-0.15, -0.1) is 11.3 Å². The average molecular weight is 193 g/mol. The minimum Gasteiger partial charge on any atom is -0.493 e. The SMILES string of the molecule is CS(=O)(=O)Cc1nc(O)cs1. The Bertz CT molecular complexity index is 340. The van der Waals surface area contributed by atoms with Crippen molar-refractivity contribution in [1.82, 2.24) is 4.98 Å². The molecule has 1 rings (SSSR count). The van der Waals surface area contributed by atoms with E-state index in [9.17, 15) is 8.42 Å². The third-order valence-corrected chi connectivity index (χ3v) is 2.74. The first-order valence-electron chi connectivity index (χ1n) is 2.78. The van der Waals surface area contributed by atoms with Gasteiger partial charge in [0.1, 0.15) is 10.8 Å². The molecule has 1 N–H and O–H groups in total. The molecule has 1 aromatic rings. The second-order valence-electron chi connectivity index (χ2n) is 2.17. The molecule has 62 valence electrons. The molecule has 1 aromatic heterocycles. The van der Waals surface area contributed by atoms with Gasteiger partial charge >= 0.3 is 0 Å². The summed E-state index contributed by atoms with van der Waals surface area (Å²) in [6.45, 7) is 0. The van der Waals surface area contributed by atoms with Crippen LogP contribution < -0.4 is 0 Å². The number of rotatable bonds is 2.